The number of aryl methyl sites for hydroxylation is 1. The molecule has 3 rings (SSSR count). The molecule has 1 heterocycles. The van der Waals surface area contributed by atoms with Crippen LogP contribution in [-0.2, 0) is 16.0 Å². The third-order valence-corrected chi connectivity index (χ3v) is 6.13. The van der Waals surface area contributed by atoms with E-state index in [1.807, 2.05) is 31.2 Å². The smallest absolute Gasteiger partial charge is 0.325 e. The number of benzene rings is 2. The van der Waals surface area contributed by atoms with E-state index >= 15 is 0 Å². The first-order valence-corrected chi connectivity index (χ1v) is 10.8. The van der Waals surface area contributed by atoms with Crippen molar-refractivity contribution in [2.45, 2.75) is 32.2 Å². The number of halogens is 1. The minimum atomic E-state index is -1.31. The Hall–Kier alpha value is -3.08. The van der Waals surface area contributed by atoms with Crippen LogP contribution < -0.4 is 10.5 Å². The van der Waals surface area contributed by atoms with Crippen LogP contribution in [0.4, 0.5) is 0 Å². The summed E-state index contributed by atoms with van der Waals surface area (Å²) >= 11 is 5.95. The summed E-state index contributed by atoms with van der Waals surface area (Å²) in [4.78, 5) is 25.6. The van der Waals surface area contributed by atoms with Crippen molar-refractivity contribution in [3.63, 3.8) is 0 Å². The fourth-order valence-corrected chi connectivity index (χ4v) is 4.05. The van der Waals surface area contributed by atoms with Gasteiger partial charge in [-0.25, -0.2) is 0 Å². The molecule has 0 aliphatic carbocycles. The molecule has 1 aliphatic rings. The molecule has 0 spiro atoms. The number of aliphatic carboxylic acids is 1. The number of carbonyl (C=O) groups is 2. The van der Waals surface area contributed by atoms with Crippen LogP contribution in [0.3, 0.4) is 0 Å². The highest BCUT2D eigenvalue weighted by Gasteiger charge is 2.36. The topological polar surface area (TPSA) is 117 Å². The highest BCUT2D eigenvalue weighted by Crippen LogP contribution is 2.35. The predicted molar refractivity (Wildman–Crippen MR) is 120 cm³/mol. The summed E-state index contributed by atoms with van der Waals surface area (Å²) < 4.78 is 5.61. The molecule has 7 nitrogen and oxygen atoms in total. The number of carbonyl (C=O) groups excluding carboxylic acids is 1. The number of hydrogen-bond acceptors (Lipinski definition) is 5. The molecule has 1 unspecified atom stereocenters. The van der Waals surface area contributed by atoms with Crippen LogP contribution in [0.2, 0.25) is 5.02 Å². The number of amides is 1. The second kappa shape index (κ2) is 10.0. The molecule has 1 amide bonds. The van der Waals surface area contributed by atoms with E-state index in [9.17, 15) is 20.0 Å². The van der Waals surface area contributed by atoms with Crippen LogP contribution in [0.1, 0.15) is 35.6 Å². The lowest BCUT2D eigenvalue weighted by Crippen LogP contribution is -2.45. The molecule has 1 saturated heterocycles. The van der Waals surface area contributed by atoms with Crippen molar-refractivity contribution >= 4 is 23.5 Å². The van der Waals surface area contributed by atoms with E-state index in [1.54, 1.807) is 11.0 Å². The molecule has 0 aromatic heterocycles. The second-order valence-corrected chi connectivity index (χ2v) is 8.66. The monoisotopic (exact) mass is 455 g/mol. The molecule has 0 radical (unpaired) electrons. The van der Waals surface area contributed by atoms with Crippen molar-refractivity contribution in [3.8, 4) is 11.8 Å². The number of nitrogens with two attached hydrogens (primary N) is 1. The first kappa shape index (κ1) is 23.6. The summed E-state index contributed by atoms with van der Waals surface area (Å²) in [7, 11) is 0. The van der Waals surface area contributed by atoms with Gasteiger partial charge in [0, 0.05) is 23.7 Å². The average Bonchev–Trinajstić information content (AvgIpc) is 2.79. The number of carboxylic acid groups (broad SMARTS) is 1. The first-order chi connectivity index (χ1) is 15.2. The number of piperidine rings is 1. The molecule has 1 atom stereocenters. The van der Waals surface area contributed by atoms with Crippen molar-refractivity contribution < 1.29 is 19.4 Å². The first-order valence-electron chi connectivity index (χ1n) is 10.4. The van der Waals surface area contributed by atoms with Crippen LogP contribution in [0.15, 0.2) is 42.5 Å². The van der Waals surface area contributed by atoms with Gasteiger partial charge >= 0.3 is 5.97 Å². The Morgan fingerprint density at radius 2 is 1.91 bits per heavy atom. The van der Waals surface area contributed by atoms with Crippen LogP contribution in [-0.4, -0.2) is 41.6 Å². The zero-order valence-corrected chi connectivity index (χ0v) is 18.6. The maximum atomic E-state index is 12.7. The zero-order valence-electron chi connectivity index (χ0n) is 17.9. The van der Waals surface area contributed by atoms with Gasteiger partial charge in [-0.15, -0.1) is 0 Å². The lowest BCUT2D eigenvalue weighted by atomic mass is 9.75. The normalized spacial score (nSPS) is 16.1. The molecule has 0 saturated carbocycles. The Morgan fingerprint density at radius 1 is 1.25 bits per heavy atom. The Labute approximate surface area is 192 Å². The third-order valence-electron chi connectivity index (χ3n) is 5.90. The van der Waals surface area contributed by atoms with Gasteiger partial charge in [-0.05, 0) is 49.9 Å². The van der Waals surface area contributed by atoms with Crippen molar-refractivity contribution in [1.82, 2.24) is 4.90 Å². The number of hydrogen-bond donors (Lipinski definition) is 2. The molecule has 168 valence electrons. The van der Waals surface area contributed by atoms with Crippen molar-refractivity contribution in [1.29, 1.82) is 5.26 Å². The number of rotatable bonds is 7. The molecule has 1 fully saturated rings. The Bertz CT molecular complexity index is 1020. The average molecular weight is 456 g/mol. The number of ether oxygens (including phenoxy) is 1. The Balaban J connectivity index is 1.60. The fraction of sp³-hybridized carbons (Fsp3) is 0.375. The standard InChI is InChI=1S/C24H26ClN3O4/c1-16-2-4-17(5-3-16)13-24(15-26)8-10-28(11-9-24)21(29)14-32-20-7-6-18(25)12-19(20)22(27)23(30)31/h2-7,12,22H,8-11,13-14,27H2,1H3,(H,30,31). The van der Waals surface area contributed by atoms with Gasteiger partial charge in [-0.1, -0.05) is 41.4 Å². The van der Waals surface area contributed by atoms with Crippen molar-refractivity contribution in [2.75, 3.05) is 19.7 Å². The van der Waals surface area contributed by atoms with E-state index in [0.717, 1.165) is 5.56 Å². The van der Waals surface area contributed by atoms with Crippen molar-refractivity contribution in [2.24, 2.45) is 11.1 Å². The molecular weight excluding hydrogens is 430 g/mol. The van der Waals surface area contributed by atoms with Gasteiger partial charge in [0.15, 0.2) is 6.61 Å². The molecule has 2 aromatic rings. The molecule has 2 aromatic carbocycles. The molecule has 8 heteroatoms. The van der Waals surface area contributed by atoms with E-state index < -0.39 is 17.4 Å². The van der Waals surface area contributed by atoms with E-state index in [1.165, 1.54) is 17.7 Å². The zero-order chi connectivity index (χ0) is 23.3. The van der Waals surface area contributed by atoms with Crippen LogP contribution in [0.5, 0.6) is 5.75 Å². The summed E-state index contributed by atoms with van der Waals surface area (Å²) in [5.74, 6) is -1.24. The summed E-state index contributed by atoms with van der Waals surface area (Å²) in [6, 6.07) is 13.8. The van der Waals surface area contributed by atoms with Crippen LogP contribution in [0.25, 0.3) is 0 Å². The van der Waals surface area contributed by atoms with E-state index in [0.29, 0.717) is 37.4 Å². The summed E-state index contributed by atoms with van der Waals surface area (Å²) in [5.41, 5.74) is 7.71. The minimum absolute atomic E-state index is 0.207. The van der Waals surface area contributed by atoms with Crippen molar-refractivity contribution in [3.05, 3.63) is 64.2 Å². The lowest BCUT2D eigenvalue weighted by Gasteiger charge is -2.37. The van der Waals surface area contributed by atoms with Gasteiger partial charge in [0.1, 0.15) is 11.8 Å². The number of nitriles is 1. The minimum Gasteiger partial charge on any atom is -0.483 e. The van der Waals surface area contributed by atoms with Crippen LogP contribution in [0, 0.1) is 23.7 Å². The van der Waals surface area contributed by atoms with E-state index in [-0.39, 0.29) is 23.8 Å². The van der Waals surface area contributed by atoms with Gasteiger partial charge in [-0.2, -0.15) is 5.26 Å². The maximum absolute atomic E-state index is 12.7. The third kappa shape index (κ3) is 5.58. The highest BCUT2D eigenvalue weighted by molar-refractivity contribution is 6.30. The molecule has 3 N–H and O–H groups in total. The SMILES string of the molecule is Cc1ccc(CC2(C#N)CCN(C(=O)COc3ccc(Cl)cc3C(N)C(=O)O)CC2)cc1. The lowest BCUT2D eigenvalue weighted by molar-refractivity contribution is -0.138. The van der Waals surface area contributed by atoms with Gasteiger partial charge in [0.2, 0.25) is 0 Å². The van der Waals surface area contributed by atoms with Gasteiger partial charge in [0.25, 0.3) is 5.91 Å². The van der Waals surface area contributed by atoms with Gasteiger partial charge in [0.05, 0.1) is 11.5 Å². The largest absolute Gasteiger partial charge is 0.483 e. The van der Waals surface area contributed by atoms with Gasteiger partial charge in [-0.3, -0.25) is 9.59 Å². The molecular formula is C24H26ClN3O4. The summed E-state index contributed by atoms with van der Waals surface area (Å²) in [6.07, 6.45) is 1.82. The highest BCUT2D eigenvalue weighted by atomic mass is 35.5. The maximum Gasteiger partial charge on any atom is 0.325 e. The van der Waals surface area contributed by atoms with E-state index in [4.69, 9.17) is 22.1 Å². The second-order valence-electron chi connectivity index (χ2n) is 8.22. The number of nitrogens with zero attached hydrogens (tertiary/aromatic N) is 2. The summed E-state index contributed by atoms with van der Waals surface area (Å²) in [6.45, 7) is 2.70. The number of carboxylic acids is 1. The van der Waals surface area contributed by atoms with Gasteiger partial charge < -0.3 is 20.5 Å². The predicted octanol–water partition coefficient (Wildman–Crippen LogP) is 3.49. The van der Waals surface area contributed by atoms with E-state index in [2.05, 4.69) is 6.07 Å². The molecule has 1 aliphatic heterocycles. The summed E-state index contributed by atoms with van der Waals surface area (Å²) in [5, 5.41) is 19.4. The molecule has 32 heavy (non-hydrogen) atoms. The fourth-order valence-electron chi connectivity index (χ4n) is 3.87. The number of likely N-dealkylation sites (tertiary alicyclic amines) is 1. The Kier molecular flexibility index (Phi) is 7.39. The molecule has 0 bridgehead atoms. The van der Waals surface area contributed by atoms with Crippen LogP contribution >= 0.6 is 11.6 Å². The quantitative estimate of drug-likeness (QED) is 0.660. The Morgan fingerprint density at radius 3 is 2.50 bits per heavy atom.